The number of nitro groups is 1. The highest BCUT2D eigenvalue weighted by molar-refractivity contribution is 7.15. The van der Waals surface area contributed by atoms with Crippen molar-refractivity contribution in [3.05, 3.63) is 27.1 Å². The van der Waals surface area contributed by atoms with Gasteiger partial charge in [0.1, 0.15) is 12.6 Å². The monoisotopic (exact) mass is 214 g/mol. The standard InChI is InChI=1S/C7H6N2O4S/c10-7-8-4(3-13-7)5-1-2-6(14-5)9(11)12/h1-2,4H,3H2,(H,8,10)/t4-/m0/s1. The fraction of sp³-hybridized carbons (Fsp3) is 0.286. The maximum Gasteiger partial charge on any atom is 0.407 e. The number of carbonyl (C=O) groups is 1. The van der Waals surface area contributed by atoms with Gasteiger partial charge in [-0.15, -0.1) is 0 Å². The molecule has 0 saturated carbocycles. The first-order valence-electron chi connectivity index (χ1n) is 3.84. The van der Waals surface area contributed by atoms with E-state index in [2.05, 4.69) is 10.1 Å². The number of ether oxygens (including phenoxy) is 1. The molecule has 7 heteroatoms. The number of nitrogens with zero attached hydrogens (tertiary/aromatic N) is 1. The third-order valence-electron chi connectivity index (χ3n) is 1.81. The molecule has 1 aliphatic heterocycles. The number of hydrogen-bond acceptors (Lipinski definition) is 5. The average Bonchev–Trinajstić information content (AvgIpc) is 2.70. The zero-order chi connectivity index (χ0) is 10.1. The smallest absolute Gasteiger partial charge is 0.407 e. The number of carbonyl (C=O) groups excluding carboxylic acids is 1. The molecule has 0 aromatic carbocycles. The van der Waals surface area contributed by atoms with Gasteiger partial charge in [0, 0.05) is 10.9 Å². The molecule has 6 nitrogen and oxygen atoms in total. The van der Waals surface area contributed by atoms with Crippen molar-refractivity contribution in [1.82, 2.24) is 5.32 Å². The van der Waals surface area contributed by atoms with E-state index in [1.807, 2.05) is 0 Å². The predicted octanol–water partition coefficient (Wildman–Crippen LogP) is 1.44. The highest BCUT2D eigenvalue weighted by atomic mass is 32.1. The molecule has 1 atom stereocenters. The summed E-state index contributed by atoms with van der Waals surface area (Å²) < 4.78 is 4.68. The minimum atomic E-state index is -0.481. The van der Waals surface area contributed by atoms with Gasteiger partial charge in [-0.2, -0.15) is 0 Å². The minimum Gasteiger partial charge on any atom is -0.447 e. The second-order valence-electron chi connectivity index (χ2n) is 2.73. The lowest BCUT2D eigenvalue weighted by Gasteiger charge is -2.00. The number of alkyl carbamates (subject to hydrolysis) is 1. The van der Waals surface area contributed by atoms with Crippen LogP contribution in [0.15, 0.2) is 12.1 Å². The molecule has 1 fully saturated rings. The first kappa shape index (κ1) is 8.95. The molecule has 2 heterocycles. The Morgan fingerprint density at radius 1 is 1.64 bits per heavy atom. The normalized spacial score (nSPS) is 20.3. The molecule has 2 rings (SSSR count). The van der Waals surface area contributed by atoms with Crippen LogP contribution < -0.4 is 5.32 Å². The molecule has 0 radical (unpaired) electrons. The fourth-order valence-electron chi connectivity index (χ4n) is 1.17. The number of rotatable bonds is 2. The van der Waals surface area contributed by atoms with Crippen LogP contribution in [0, 0.1) is 10.1 Å². The van der Waals surface area contributed by atoms with E-state index in [0.717, 1.165) is 16.2 Å². The largest absolute Gasteiger partial charge is 0.447 e. The fourth-order valence-corrected chi connectivity index (χ4v) is 2.02. The zero-order valence-corrected chi connectivity index (χ0v) is 7.74. The van der Waals surface area contributed by atoms with Crippen molar-refractivity contribution in [2.75, 3.05) is 6.61 Å². The Morgan fingerprint density at radius 2 is 2.43 bits per heavy atom. The summed E-state index contributed by atoms with van der Waals surface area (Å²) in [5, 5.41) is 13.0. The summed E-state index contributed by atoms with van der Waals surface area (Å²) >= 11 is 1.05. The Morgan fingerprint density at radius 3 is 2.93 bits per heavy atom. The quantitative estimate of drug-likeness (QED) is 0.596. The van der Waals surface area contributed by atoms with Gasteiger partial charge < -0.3 is 10.1 Å². The van der Waals surface area contributed by atoms with E-state index in [4.69, 9.17) is 0 Å². The summed E-state index contributed by atoms with van der Waals surface area (Å²) in [4.78, 5) is 21.4. The number of amides is 1. The molecular weight excluding hydrogens is 208 g/mol. The van der Waals surface area contributed by atoms with E-state index in [1.54, 1.807) is 6.07 Å². The van der Waals surface area contributed by atoms with E-state index >= 15 is 0 Å². The molecule has 1 aromatic rings. The van der Waals surface area contributed by atoms with Crippen molar-refractivity contribution in [2.45, 2.75) is 6.04 Å². The van der Waals surface area contributed by atoms with Crippen molar-refractivity contribution in [2.24, 2.45) is 0 Å². The number of thiophene rings is 1. The van der Waals surface area contributed by atoms with Gasteiger partial charge in [0.15, 0.2) is 0 Å². The van der Waals surface area contributed by atoms with Crippen LogP contribution >= 0.6 is 11.3 Å². The lowest BCUT2D eigenvalue weighted by molar-refractivity contribution is -0.380. The van der Waals surface area contributed by atoms with Crippen molar-refractivity contribution in [3.63, 3.8) is 0 Å². The van der Waals surface area contributed by atoms with Crippen LogP contribution in [0.1, 0.15) is 10.9 Å². The van der Waals surface area contributed by atoms with E-state index in [1.165, 1.54) is 6.07 Å². The van der Waals surface area contributed by atoms with Gasteiger partial charge in [0.25, 0.3) is 0 Å². The molecule has 14 heavy (non-hydrogen) atoms. The molecule has 1 saturated heterocycles. The molecule has 1 aromatic heterocycles. The highest BCUT2D eigenvalue weighted by Crippen LogP contribution is 2.30. The third-order valence-corrected chi connectivity index (χ3v) is 2.96. The molecule has 0 bridgehead atoms. The Kier molecular flexibility index (Phi) is 2.08. The Balaban J connectivity index is 2.17. The SMILES string of the molecule is O=C1N[C@H](c2ccc([N+](=O)[O-])s2)CO1. The van der Waals surface area contributed by atoms with Crippen LogP contribution in [-0.2, 0) is 4.74 Å². The Labute approximate surface area is 82.6 Å². The van der Waals surface area contributed by atoms with E-state index in [-0.39, 0.29) is 17.6 Å². The van der Waals surface area contributed by atoms with Crippen LogP contribution in [-0.4, -0.2) is 17.6 Å². The van der Waals surface area contributed by atoms with E-state index < -0.39 is 11.0 Å². The third kappa shape index (κ3) is 1.53. The van der Waals surface area contributed by atoms with Crippen molar-refractivity contribution in [3.8, 4) is 0 Å². The molecule has 0 spiro atoms. The summed E-state index contributed by atoms with van der Waals surface area (Å²) in [7, 11) is 0. The lowest BCUT2D eigenvalue weighted by atomic mass is 10.3. The van der Waals surface area contributed by atoms with Gasteiger partial charge in [-0.3, -0.25) is 10.1 Å². The molecule has 0 aliphatic carbocycles. The van der Waals surface area contributed by atoms with Gasteiger partial charge in [0.05, 0.1) is 4.92 Å². The molecule has 1 amide bonds. The average molecular weight is 214 g/mol. The summed E-state index contributed by atoms with van der Waals surface area (Å²) in [6.07, 6.45) is -0.481. The molecule has 1 N–H and O–H groups in total. The molecule has 0 unspecified atom stereocenters. The number of cyclic esters (lactones) is 1. The van der Waals surface area contributed by atoms with Crippen molar-refractivity contribution >= 4 is 22.4 Å². The summed E-state index contributed by atoms with van der Waals surface area (Å²) in [5.41, 5.74) is 0. The minimum absolute atomic E-state index is 0.0705. The molecule has 74 valence electrons. The van der Waals surface area contributed by atoms with Crippen LogP contribution in [0.25, 0.3) is 0 Å². The van der Waals surface area contributed by atoms with Crippen molar-refractivity contribution in [1.29, 1.82) is 0 Å². The number of hydrogen-bond donors (Lipinski definition) is 1. The first-order valence-corrected chi connectivity index (χ1v) is 4.66. The maximum atomic E-state index is 10.7. The summed E-state index contributed by atoms with van der Waals surface area (Å²) in [6.45, 7) is 0.233. The second-order valence-corrected chi connectivity index (χ2v) is 3.82. The van der Waals surface area contributed by atoms with E-state index in [0.29, 0.717) is 0 Å². The van der Waals surface area contributed by atoms with Crippen LogP contribution in [0.5, 0.6) is 0 Å². The molecular formula is C7H6N2O4S. The van der Waals surface area contributed by atoms with Gasteiger partial charge in [0.2, 0.25) is 0 Å². The lowest BCUT2D eigenvalue weighted by Crippen LogP contribution is -2.17. The van der Waals surface area contributed by atoms with Crippen LogP contribution in [0.2, 0.25) is 0 Å². The van der Waals surface area contributed by atoms with Crippen LogP contribution in [0.4, 0.5) is 9.80 Å². The Hall–Kier alpha value is -1.63. The Bertz CT molecular complexity index is 389. The second kappa shape index (κ2) is 3.26. The predicted molar refractivity (Wildman–Crippen MR) is 48.2 cm³/mol. The van der Waals surface area contributed by atoms with Gasteiger partial charge in [-0.05, 0) is 6.07 Å². The van der Waals surface area contributed by atoms with E-state index in [9.17, 15) is 14.9 Å². The number of nitrogens with one attached hydrogen (secondary N) is 1. The van der Waals surface area contributed by atoms with Gasteiger partial charge in [-0.25, -0.2) is 4.79 Å². The molecule has 1 aliphatic rings. The zero-order valence-electron chi connectivity index (χ0n) is 6.93. The maximum absolute atomic E-state index is 10.7. The first-order chi connectivity index (χ1) is 6.66. The van der Waals surface area contributed by atoms with Gasteiger partial charge in [-0.1, -0.05) is 11.3 Å². The van der Waals surface area contributed by atoms with Crippen molar-refractivity contribution < 1.29 is 14.5 Å². The topological polar surface area (TPSA) is 81.5 Å². The highest BCUT2D eigenvalue weighted by Gasteiger charge is 2.26. The van der Waals surface area contributed by atoms with Gasteiger partial charge >= 0.3 is 11.1 Å². The summed E-state index contributed by atoms with van der Waals surface area (Å²) in [5.74, 6) is 0. The summed E-state index contributed by atoms with van der Waals surface area (Å²) in [6, 6.07) is 2.80. The van der Waals surface area contributed by atoms with Crippen LogP contribution in [0.3, 0.4) is 0 Å².